The quantitative estimate of drug-likeness (QED) is 0.222. The summed E-state index contributed by atoms with van der Waals surface area (Å²) < 4.78 is 15.7. The van der Waals surface area contributed by atoms with E-state index in [9.17, 15) is 4.79 Å². The molecule has 0 fully saturated rings. The second kappa shape index (κ2) is 9.61. The molecule has 166 valence electrons. The van der Waals surface area contributed by atoms with Crippen molar-refractivity contribution in [1.82, 2.24) is 10.2 Å². The number of nitrogens with one attached hydrogen (secondary N) is 1. The lowest BCUT2D eigenvalue weighted by Crippen LogP contribution is -1.99. The number of fused-ring (bicyclic) bond motifs is 1. The summed E-state index contributed by atoms with van der Waals surface area (Å²) in [6, 6.07) is 16.0. The van der Waals surface area contributed by atoms with Gasteiger partial charge in [-0.05, 0) is 64.6 Å². The van der Waals surface area contributed by atoms with Crippen molar-refractivity contribution in [3.63, 3.8) is 0 Å². The zero-order chi connectivity index (χ0) is 23.5. The first kappa shape index (κ1) is 22.8. The summed E-state index contributed by atoms with van der Waals surface area (Å²) >= 11 is 12.7. The van der Waals surface area contributed by atoms with Gasteiger partial charge in [0.25, 0.3) is 0 Å². The molecule has 0 saturated carbocycles. The van der Waals surface area contributed by atoms with Crippen molar-refractivity contribution < 1.29 is 14.3 Å². The molecule has 0 amide bonds. The number of hydrogen-bond donors (Lipinski definition) is 2. The maximum Gasteiger partial charge on any atom is 0.328 e. The molecular weight excluding hydrogens is 462 g/mol. The van der Waals surface area contributed by atoms with Crippen molar-refractivity contribution >= 4 is 57.3 Å². The van der Waals surface area contributed by atoms with E-state index >= 15 is 4.39 Å². The van der Waals surface area contributed by atoms with E-state index < -0.39 is 5.97 Å². The fourth-order valence-corrected chi connectivity index (χ4v) is 4.36. The fraction of sp³-hybridized carbons (Fsp3) is 0.0769. The van der Waals surface area contributed by atoms with Gasteiger partial charge in [-0.3, -0.25) is 5.10 Å². The van der Waals surface area contributed by atoms with Crippen LogP contribution in [-0.2, 0) is 4.79 Å². The number of halogens is 3. The SMILES string of the molecule is CCC(=C(c1ccc(C=CC(=O)O)cc1)c1ccc2[nH]ncc2c1F)c1ccc(Cl)cc1Cl. The number of aromatic amines is 1. The lowest BCUT2D eigenvalue weighted by atomic mass is 9.87. The average molecular weight is 481 g/mol. The van der Waals surface area contributed by atoms with Crippen molar-refractivity contribution in [2.75, 3.05) is 0 Å². The molecule has 0 aliphatic heterocycles. The monoisotopic (exact) mass is 480 g/mol. The second-order valence-electron chi connectivity index (χ2n) is 7.38. The zero-order valence-electron chi connectivity index (χ0n) is 17.6. The number of allylic oxidation sites excluding steroid dienone is 1. The molecule has 4 aromatic rings. The largest absolute Gasteiger partial charge is 0.478 e. The Balaban J connectivity index is 1.98. The molecular formula is C26H19Cl2FN2O2. The topological polar surface area (TPSA) is 66.0 Å². The van der Waals surface area contributed by atoms with Crippen molar-refractivity contribution in [3.05, 3.63) is 105 Å². The Morgan fingerprint density at radius 1 is 1.09 bits per heavy atom. The molecule has 2 N–H and O–H groups in total. The predicted octanol–water partition coefficient (Wildman–Crippen LogP) is 7.48. The molecule has 7 heteroatoms. The summed E-state index contributed by atoms with van der Waals surface area (Å²) in [7, 11) is 0. The number of benzene rings is 3. The third kappa shape index (κ3) is 4.70. The molecule has 0 aliphatic rings. The third-order valence-corrected chi connectivity index (χ3v) is 5.90. The number of rotatable bonds is 6. The van der Waals surface area contributed by atoms with Crippen LogP contribution in [0, 0.1) is 5.82 Å². The first-order chi connectivity index (χ1) is 15.9. The summed E-state index contributed by atoms with van der Waals surface area (Å²) in [5.74, 6) is -1.41. The molecule has 33 heavy (non-hydrogen) atoms. The van der Waals surface area contributed by atoms with Crippen molar-refractivity contribution in [2.24, 2.45) is 0 Å². The van der Waals surface area contributed by atoms with E-state index in [2.05, 4.69) is 10.2 Å². The number of nitrogens with zero attached hydrogens (tertiary/aromatic N) is 1. The molecule has 0 radical (unpaired) electrons. The summed E-state index contributed by atoms with van der Waals surface area (Å²) in [6.07, 6.45) is 4.63. The first-order valence-corrected chi connectivity index (χ1v) is 11.0. The first-order valence-electron chi connectivity index (χ1n) is 10.2. The number of carbonyl (C=O) groups is 1. The predicted molar refractivity (Wildman–Crippen MR) is 132 cm³/mol. The van der Waals surface area contributed by atoms with Gasteiger partial charge in [-0.1, -0.05) is 60.5 Å². The van der Waals surface area contributed by atoms with E-state index in [0.717, 1.165) is 22.8 Å². The van der Waals surface area contributed by atoms with Crippen LogP contribution >= 0.6 is 23.2 Å². The minimum atomic E-state index is -1.03. The Labute approximate surface area is 200 Å². The van der Waals surface area contributed by atoms with E-state index in [1.165, 1.54) is 12.3 Å². The van der Waals surface area contributed by atoms with E-state index in [1.54, 1.807) is 36.4 Å². The second-order valence-corrected chi connectivity index (χ2v) is 8.23. The molecule has 0 aliphatic carbocycles. The van der Waals surface area contributed by atoms with Crippen LogP contribution in [0.4, 0.5) is 4.39 Å². The maximum absolute atomic E-state index is 15.7. The zero-order valence-corrected chi connectivity index (χ0v) is 19.1. The summed E-state index contributed by atoms with van der Waals surface area (Å²) in [5.41, 5.74) is 4.82. The molecule has 1 aromatic heterocycles. The number of aliphatic carboxylic acids is 1. The van der Waals surface area contributed by atoms with Crippen LogP contribution in [0.1, 0.15) is 35.6 Å². The third-order valence-electron chi connectivity index (χ3n) is 5.36. The van der Waals surface area contributed by atoms with Crippen LogP contribution in [0.3, 0.4) is 0 Å². The molecule has 0 spiro atoms. The highest BCUT2D eigenvalue weighted by Gasteiger charge is 2.20. The van der Waals surface area contributed by atoms with Crippen molar-refractivity contribution in [1.29, 1.82) is 0 Å². The highest BCUT2D eigenvalue weighted by Crippen LogP contribution is 2.39. The van der Waals surface area contributed by atoms with E-state index in [1.807, 2.05) is 25.1 Å². The molecule has 4 nitrogen and oxygen atoms in total. The van der Waals surface area contributed by atoms with Gasteiger partial charge in [0.05, 0.1) is 17.1 Å². The van der Waals surface area contributed by atoms with Crippen molar-refractivity contribution in [2.45, 2.75) is 13.3 Å². The molecule has 1 heterocycles. The molecule has 0 bridgehead atoms. The van der Waals surface area contributed by atoms with Gasteiger partial charge in [-0.2, -0.15) is 5.10 Å². The van der Waals surface area contributed by atoms with Crippen LogP contribution in [0.2, 0.25) is 10.0 Å². The summed E-state index contributed by atoms with van der Waals surface area (Å²) in [4.78, 5) is 10.8. The molecule has 0 unspecified atom stereocenters. The van der Waals surface area contributed by atoms with Gasteiger partial charge in [0.2, 0.25) is 0 Å². The number of aromatic nitrogens is 2. The minimum Gasteiger partial charge on any atom is -0.478 e. The normalized spacial score (nSPS) is 12.4. The van der Waals surface area contributed by atoms with Gasteiger partial charge >= 0.3 is 5.97 Å². The molecule has 3 aromatic carbocycles. The maximum atomic E-state index is 15.7. The Morgan fingerprint density at radius 3 is 2.48 bits per heavy atom. The number of hydrogen-bond acceptors (Lipinski definition) is 2. The lowest BCUT2D eigenvalue weighted by molar-refractivity contribution is -0.131. The standard InChI is InChI=1S/C26H19Cl2FN2O2/c1-2-18(19-9-8-17(27)13-22(19)28)25(16-6-3-15(4-7-16)5-12-24(32)33)20-10-11-23-21(26(20)29)14-30-31-23/h3-14H,2H2,1H3,(H,30,31)(H,32,33). The van der Waals surface area contributed by atoms with Crippen LogP contribution < -0.4 is 0 Å². The van der Waals surface area contributed by atoms with E-state index in [0.29, 0.717) is 44.1 Å². The molecule has 0 saturated heterocycles. The Hall–Kier alpha value is -3.41. The number of H-pyrrole nitrogens is 1. The van der Waals surface area contributed by atoms with Crippen LogP contribution in [0.15, 0.2) is 66.9 Å². The average Bonchev–Trinajstić information content (AvgIpc) is 3.28. The van der Waals surface area contributed by atoms with Crippen LogP contribution in [-0.4, -0.2) is 21.3 Å². The number of carboxylic acid groups (broad SMARTS) is 1. The summed E-state index contributed by atoms with van der Waals surface area (Å²) in [6.45, 7) is 1.98. The minimum absolute atomic E-state index is 0.387. The van der Waals surface area contributed by atoms with Gasteiger partial charge in [0, 0.05) is 21.7 Å². The smallest absolute Gasteiger partial charge is 0.328 e. The van der Waals surface area contributed by atoms with Gasteiger partial charge < -0.3 is 5.11 Å². The van der Waals surface area contributed by atoms with Gasteiger partial charge in [0.1, 0.15) is 5.82 Å². The summed E-state index contributed by atoms with van der Waals surface area (Å²) in [5, 5.41) is 17.0. The van der Waals surface area contributed by atoms with Gasteiger partial charge in [-0.15, -0.1) is 0 Å². The van der Waals surface area contributed by atoms with Gasteiger partial charge in [0.15, 0.2) is 0 Å². The Bertz CT molecular complexity index is 1410. The van der Waals surface area contributed by atoms with Gasteiger partial charge in [-0.25, -0.2) is 9.18 Å². The number of carboxylic acids is 1. The highest BCUT2D eigenvalue weighted by atomic mass is 35.5. The van der Waals surface area contributed by atoms with Crippen LogP contribution in [0.5, 0.6) is 0 Å². The van der Waals surface area contributed by atoms with Crippen molar-refractivity contribution in [3.8, 4) is 0 Å². The molecule has 0 atom stereocenters. The lowest BCUT2D eigenvalue weighted by Gasteiger charge is -2.18. The molecule has 4 rings (SSSR count). The highest BCUT2D eigenvalue weighted by molar-refractivity contribution is 6.36. The Kier molecular flexibility index (Phi) is 6.63. The van der Waals surface area contributed by atoms with E-state index in [-0.39, 0.29) is 5.82 Å². The Morgan fingerprint density at radius 2 is 1.82 bits per heavy atom. The van der Waals surface area contributed by atoms with Crippen LogP contribution in [0.25, 0.3) is 28.1 Å². The van der Waals surface area contributed by atoms with E-state index in [4.69, 9.17) is 28.3 Å². The fourth-order valence-electron chi connectivity index (χ4n) is 3.83.